The maximum atomic E-state index is 12.9. The summed E-state index contributed by atoms with van der Waals surface area (Å²) in [6, 6.07) is 5.62. The van der Waals surface area contributed by atoms with E-state index in [1.54, 1.807) is 6.07 Å². The van der Waals surface area contributed by atoms with Gasteiger partial charge in [-0.25, -0.2) is 22.6 Å². The van der Waals surface area contributed by atoms with E-state index in [-0.39, 0.29) is 4.90 Å². The molecule has 2 rings (SSSR count). The fourth-order valence-electron chi connectivity index (χ4n) is 1.21. The maximum Gasteiger partial charge on any atom is 0.241 e. The summed E-state index contributed by atoms with van der Waals surface area (Å²) >= 11 is 0. The minimum atomic E-state index is -3.78. The largest absolute Gasteiger partial charge is 0.241 e. The molecule has 0 bridgehead atoms. The van der Waals surface area contributed by atoms with Crippen LogP contribution in [0.5, 0.6) is 0 Å². The molecule has 0 aliphatic heterocycles. The summed E-state index contributed by atoms with van der Waals surface area (Å²) in [4.78, 5) is -0.114. The zero-order chi connectivity index (χ0) is 11.8. The molecular formula is C9H8FN3O2S. The fourth-order valence-corrected chi connectivity index (χ4v) is 1.65. The lowest BCUT2D eigenvalue weighted by Crippen LogP contribution is -2.11. The number of aromatic nitrogens is 2. The third kappa shape index (κ3) is 2.10. The highest BCUT2D eigenvalue weighted by Gasteiger charge is 2.11. The molecule has 1 aromatic heterocycles. The second kappa shape index (κ2) is 3.69. The van der Waals surface area contributed by atoms with Gasteiger partial charge in [0.15, 0.2) is 0 Å². The Bertz CT molecular complexity index is 621. The molecule has 0 aliphatic rings. The summed E-state index contributed by atoms with van der Waals surface area (Å²) in [6.45, 7) is 0. The van der Waals surface area contributed by atoms with Crippen molar-refractivity contribution in [3.8, 4) is 5.69 Å². The van der Waals surface area contributed by atoms with Gasteiger partial charge in [-0.3, -0.25) is 0 Å². The first kappa shape index (κ1) is 10.8. The van der Waals surface area contributed by atoms with E-state index in [1.807, 2.05) is 0 Å². The van der Waals surface area contributed by atoms with Gasteiger partial charge in [-0.05, 0) is 18.2 Å². The minimum absolute atomic E-state index is 0.114. The van der Waals surface area contributed by atoms with Crippen molar-refractivity contribution in [2.45, 2.75) is 4.90 Å². The zero-order valence-corrected chi connectivity index (χ0v) is 8.86. The zero-order valence-electron chi connectivity index (χ0n) is 8.04. The average molecular weight is 241 g/mol. The van der Waals surface area contributed by atoms with Crippen molar-refractivity contribution in [2.24, 2.45) is 5.14 Å². The average Bonchev–Trinajstić information content (AvgIpc) is 2.65. The topological polar surface area (TPSA) is 78.0 Å². The molecule has 0 radical (unpaired) electrons. The number of primary sulfonamides is 1. The Morgan fingerprint density at radius 2 is 2.12 bits per heavy atom. The van der Waals surface area contributed by atoms with Crippen LogP contribution in [0.3, 0.4) is 0 Å². The van der Waals surface area contributed by atoms with Crippen molar-refractivity contribution < 1.29 is 12.8 Å². The van der Waals surface area contributed by atoms with Gasteiger partial charge in [0.1, 0.15) is 10.7 Å². The van der Waals surface area contributed by atoms with Gasteiger partial charge in [0, 0.05) is 0 Å². The first-order valence-corrected chi connectivity index (χ1v) is 5.85. The van der Waals surface area contributed by atoms with E-state index < -0.39 is 15.8 Å². The number of sulfonamides is 1. The third-order valence-corrected chi connectivity index (χ3v) is 2.83. The van der Waals surface area contributed by atoms with Gasteiger partial charge in [-0.1, -0.05) is 6.07 Å². The summed E-state index contributed by atoms with van der Waals surface area (Å²) in [5, 5.41) is 8.71. The Labute approximate surface area is 91.4 Å². The number of benzene rings is 1. The Hall–Kier alpha value is -1.73. The van der Waals surface area contributed by atoms with Crippen LogP contribution in [0.1, 0.15) is 0 Å². The summed E-state index contributed by atoms with van der Waals surface area (Å²) in [6.07, 6.45) is 2.34. The molecule has 7 heteroatoms. The molecule has 0 unspecified atom stereocenters. The molecule has 84 valence electrons. The van der Waals surface area contributed by atoms with Crippen LogP contribution in [0.4, 0.5) is 4.39 Å². The lowest BCUT2D eigenvalue weighted by Gasteiger charge is -1.99. The van der Waals surface area contributed by atoms with Gasteiger partial charge in [0.05, 0.1) is 18.1 Å². The van der Waals surface area contributed by atoms with Gasteiger partial charge < -0.3 is 0 Å². The van der Waals surface area contributed by atoms with Crippen LogP contribution in [-0.4, -0.2) is 18.2 Å². The Kier molecular flexibility index (Phi) is 2.49. The van der Waals surface area contributed by atoms with Crippen LogP contribution in [0.25, 0.3) is 5.69 Å². The Morgan fingerprint density at radius 3 is 2.69 bits per heavy atom. The van der Waals surface area contributed by atoms with Crippen LogP contribution < -0.4 is 5.14 Å². The number of nitrogens with zero attached hydrogens (tertiary/aromatic N) is 2. The van der Waals surface area contributed by atoms with Crippen LogP contribution in [-0.2, 0) is 10.0 Å². The molecule has 2 aromatic rings. The molecule has 0 fully saturated rings. The molecule has 2 N–H and O–H groups in total. The normalized spacial score (nSPS) is 11.6. The number of hydrogen-bond acceptors (Lipinski definition) is 3. The first-order valence-electron chi connectivity index (χ1n) is 4.30. The lowest BCUT2D eigenvalue weighted by atomic mass is 10.3. The molecule has 0 atom stereocenters. The predicted molar refractivity (Wildman–Crippen MR) is 54.9 cm³/mol. The Balaban J connectivity index is 2.47. The molecule has 0 spiro atoms. The van der Waals surface area contributed by atoms with E-state index in [1.165, 1.54) is 29.1 Å². The lowest BCUT2D eigenvalue weighted by molar-refractivity contribution is 0.598. The quantitative estimate of drug-likeness (QED) is 0.838. The SMILES string of the molecule is NS(=O)(=O)c1cnn(-c2cccc(F)c2)c1. The molecule has 16 heavy (non-hydrogen) atoms. The van der Waals surface area contributed by atoms with Crippen molar-refractivity contribution in [1.29, 1.82) is 0 Å². The van der Waals surface area contributed by atoms with Crippen molar-refractivity contribution >= 4 is 10.0 Å². The summed E-state index contributed by atoms with van der Waals surface area (Å²) in [5.41, 5.74) is 0.426. The number of hydrogen-bond donors (Lipinski definition) is 1. The van der Waals surface area contributed by atoms with Gasteiger partial charge >= 0.3 is 0 Å². The summed E-state index contributed by atoms with van der Waals surface area (Å²) < 4.78 is 36.1. The van der Waals surface area contributed by atoms with Crippen LogP contribution >= 0.6 is 0 Å². The van der Waals surface area contributed by atoms with Crippen LogP contribution in [0, 0.1) is 5.82 Å². The monoisotopic (exact) mass is 241 g/mol. The van der Waals surface area contributed by atoms with Crippen molar-refractivity contribution in [3.63, 3.8) is 0 Å². The molecular weight excluding hydrogens is 233 g/mol. The van der Waals surface area contributed by atoms with E-state index in [9.17, 15) is 12.8 Å². The molecule has 0 amide bonds. The first-order chi connectivity index (χ1) is 7.47. The second-order valence-electron chi connectivity index (χ2n) is 3.15. The van der Waals surface area contributed by atoms with E-state index in [0.29, 0.717) is 5.69 Å². The second-order valence-corrected chi connectivity index (χ2v) is 4.71. The number of halogens is 1. The van der Waals surface area contributed by atoms with E-state index in [0.717, 1.165) is 6.20 Å². The summed E-state index contributed by atoms with van der Waals surface area (Å²) in [7, 11) is -3.78. The smallest absolute Gasteiger partial charge is 0.239 e. The maximum absolute atomic E-state index is 12.9. The van der Waals surface area contributed by atoms with Gasteiger partial charge in [0.2, 0.25) is 10.0 Å². The molecule has 1 aromatic carbocycles. The van der Waals surface area contributed by atoms with Crippen molar-refractivity contribution in [3.05, 3.63) is 42.5 Å². The van der Waals surface area contributed by atoms with E-state index in [2.05, 4.69) is 5.10 Å². The number of rotatable bonds is 2. The predicted octanol–water partition coefficient (Wildman–Crippen LogP) is 0.659. The van der Waals surface area contributed by atoms with Gasteiger partial charge in [-0.2, -0.15) is 5.10 Å². The number of nitrogens with two attached hydrogens (primary N) is 1. The van der Waals surface area contributed by atoms with Gasteiger partial charge in [0.25, 0.3) is 0 Å². The van der Waals surface area contributed by atoms with Gasteiger partial charge in [-0.15, -0.1) is 0 Å². The minimum Gasteiger partial charge on any atom is -0.239 e. The Morgan fingerprint density at radius 1 is 1.38 bits per heavy atom. The third-order valence-electron chi connectivity index (χ3n) is 1.96. The highest BCUT2D eigenvalue weighted by atomic mass is 32.2. The molecule has 1 heterocycles. The highest BCUT2D eigenvalue weighted by Crippen LogP contribution is 2.11. The molecule has 5 nitrogen and oxygen atoms in total. The van der Waals surface area contributed by atoms with Crippen LogP contribution in [0.2, 0.25) is 0 Å². The summed E-state index contributed by atoms with van der Waals surface area (Å²) in [5.74, 6) is -0.426. The van der Waals surface area contributed by atoms with E-state index >= 15 is 0 Å². The van der Waals surface area contributed by atoms with E-state index in [4.69, 9.17) is 5.14 Å². The molecule has 0 saturated heterocycles. The fraction of sp³-hybridized carbons (Fsp3) is 0. The standard InChI is InChI=1S/C9H8FN3O2S/c10-7-2-1-3-8(4-7)13-6-9(5-12-13)16(11,14)15/h1-6H,(H2,11,14,15). The highest BCUT2D eigenvalue weighted by molar-refractivity contribution is 7.89. The van der Waals surface area contributed by atoms with Crippen molar-refractivity contribution in [2.75, 3.05) is 0 Å². The van der Waals surface area contributed by atoms with Crippen LogP contribution in [0.15, 0.2) is 41.6 Å². The molecule has 0 saturated carbocycles. The van der Waals surface area contributed by atoms with Crippen molar-refractivity contribution in [1.82, 2.24) is 9.78 Å². The molecule has 0 aliphatic carbocycles.